The Labute approximate surface area is 119 Å². The molecular formula is C12H14BrN5O. The SMILES string of the molecule is CNC(=O)C1CCCN1c1nc(Br)cn2ccnc12. The number of nitrogens with one attached hydrogen (secondary N) is 1. The molecule has 1 fully saturated rings. The average Bonchev–Trinajstić information content (AvgIpc) is 3.04. The number of rotatable bonds is 2. The number of hydrogen-bond acceptors (Lipinski definition) is 4. The molecule has 2 aromatic heterocycles. The van der Waals surface area contributed by atoms with Gasteiger partial charge in [-0.25, -0.2) is 9.97 Å². The first-order valence-corrected chi connectivity index (χ1v) is 6.97. The van der Waals surface area contributed by atoms with Crippen molar-refractivity contribution in [3.05, 3.63) is 23.2 Å². The number of imidazole rings is 1. The summed E-state index contributed by atoms with van der Waals surface area (Å²) in [7, 11) is 1.66. The number of amides is 1. The maximum atomic E-state index is 11.9. The average molecular weight is 324 g/mol. The summed E-state index contributed by atoms with van der Waals surface area (Å²) < 4.78 is 2.64. The Balaban J connectivity index is 2.08. The zero-order chi connectivity index (χ0) is 13.4. The van der Waals surface area contributed by atoms with Gasteiger partial charge in [0, 0.05) is 32.2 Å². The Morgan fingerprint density at radius 1 is 1.58 bits per heavy atom. The maximum absolute atomic E-state index is 11.9. The summed E-state index contributed by atoms with van der Waals surface area (Å²) in [5, 5.41) is 2.72. The van der Waals surface area contributed by atoms with Gasteiger partial charge in [0.05, 0.1) is 0 Å². The molecule has 0 spiro atoms. The van der Waals surface area contributed by atoms with Gasteiger partial charge in [0.1, 0.15) is 10.6 Å². The molecule has 1 aliphatic heterocycles. The van der Waals surface area contributed by atoms with E-state index in [2.05, 4.69) is 31.2 Å². The third-order valence-electron chi connectivity index (χ3n) is 3.40. The topological polar surface area (TPSA) is 62.5 Å². The lowest BCUT2D eigenvalue weighted by Crippen LogP contribution is -2.42. The second-order valence-electron chi connectivity index (χ2n) is 4.51. The van der Waals surface area contributed by atoms with Gasteiger partial charge < -0.3 is 14.6 Å². The molecule has 1 unspecified atom stereocenters. The predicted molar refractivity (Wildman–Crippen MR) is 75.1 cm³/mol. The molecule has 2 aromatic rings. The summed E-state index contributed by atoms with van der Waals surface area (Å²) in [6, 6.07) is -0.160. The lowest BCUT2D eigenvalue weighted by molar-refractivity contribution is -0.121. The van der Waals surface area contributed by atoms with Crippen molar-refractivity contribution in [3.8, 4) is 0 Å². The third-order valence-corrected chi connectivity index (χ3v) is 3.78. The summed E-state index contributed by atoms with van der Waals surface area (Å²) in [5.74, 6) is 0.787. The van der Waals surface area contributed by atoms with Crippen LogP contribution in [0.2, 0.25) is 0 Å². The first-order chi connectivity index (χ1) is 9.20. The zero-order valence-corrected chi connectivity index (χ0v) is 12.1. The molecule has 3 heterocycles. The second kappa shape index (κ2) is 4.80. The highest BCUT2D eigenvalue weighted by atomic mass is 79.9. The van der Waals surface area contributed by atoms with Crippen LogP contribution in [-0.2, 0) is 4.79 Å². The molecule has 1 aliphatic rings. The predicted octanol–water partition coefficient (Wildman–Crippen LogP) is 1.21. The molecule has 0 aromatic carbocycles. The van der Waals surface area contributed by atoms with Crippen molar-refractivity contribution >= 4 is 33.3 Å². The molecule has 1 atom stereocenters. The fourth-order valence-corrected chi connectivity index (χ4v) is 2.93. The Morgan fingerprint density at radius 3 is 3.21 bits per heavy atom. The van der Waals surface area contributed by atoms with E-state index in [-0.39, 0.29) is 11.9 Å². The van der Waals surface area contributed by atoms with Gasteiger partial charge in [-0.1, -0.05) is 0 Å². The number of halogens is 1. The smallest absolute Gasteiger partial charge is 0.242 e. The molecule has 1 N–H and O–H groups in total. The molecule has 0 aliphatic carbocycles. The van der Waals surface area contributed by atoms with E-state index in [4.69, 9.17) is 0 Å². The summed E-state index contributed by atoms with van der Waals surface area (Å²) in [5.41, 5.74) is 0.777. The van der Waals surface area contributed by atoms with Gasteiger partial charge in [0.2, 0.25) is 5.91 Å². The molecular weight excluding hydrogens is 310 g/mol. The van der Waals surface area contributed by atoms with Crippen LogP contribution in [0.4, 0.5) is 5.82 Å². The number of carbonyl (C=O) groups excluding carboxylic acids is 1. The van der Waals surface area contributed by atoms with E-state index < -0.39 is 0 Å². The number of nitrogens with zero attached hydrogens (tertiary/aromatic N) is 4. The second-order valence-corrected chi connectivity index (χ2v) is 5.32. The van der Waals surface area contributed by atoms with E-state index in [1.807, 2.05) is 21.7 Å². The largest absolute Gasteiger partial charge is 0.357 e. The molecule has 100 valence electrons. The molecule has 1 amide bonds. The number of likely N-dealkylation sites (N-methyl/N-ethyl adjacent to an activating group) is 1. The van der Waals surface area contributed by atoms with Gasteiger partial charge >= 0.3 is 0 Å². The van der Waals surface area contributed by atoms with Gasteiger partial charge in [-0.15, -0.1) is 0 Å². The van der Waals surface area contributed by atoms with E-state index in [9.17, 15) is 4.79 Å². The van der Waals surface area contributed by atoms with Gasteiger partial charge in [0.25, 0.3) is 0 Å². The number of carbonyl (C=O) groups is 1. The van der Waals surface area contributed by atoms with Gasteiger partial charge in [0.15, 0.2) is 11.5 Å². The summed E-state index contributed by atoms with van der Waals surface area (Å²) >= 11 is 3.40. The highest BCUT2D eigenvalue weighted by Crippen LogP contribution is 2.28. The van der Waals surface area contributed by atoms with Crippen molar-refractivity contribution in [1.29, 1.82) is 0 Å². The first-order valence-electron chi connectivity index (χ1n) is 6.18. The molecule has 0 radical (unpaired) electrons. The normalized spacial score (nSPS) is 19.1. The number of fused-ring (bicyclic) bond motifs is 1. The van der Waals surface area contributed by atoms with E-state index in [1.54, 1.807) is 13.2 Å². The molecule has 1 saturated heterocycles. The van der Waals surface area contributed by atoms with Crippen LogP contribution in [0.3, 0.4) is 0 Å². The van der Waals surface area contributed by atoms with Crippen molar-refractivity contribution < 1.29 is 4.79 Å². The van der Waals surface area contributed by atoms with Crippen molar-refractivity contribution in [2.45, 2.75) is 18.9 Å². The zero-order valence-electron chi connectivity index (χ0n) is 10.5. The quantitative estimate of drug-likeness (QED) is 0.902. The maximum Gasteiger partial charge on any atom is 0.242 e. The fourth-order valence-electron chi connectivity index (χ4n) is 2.54. The van der Waals surface area contributed by atoms with E-state index in [0.29, 0.717) is 0 Å². The van der Waals surface area contributed by atoms with E-state index >= 15 is 0 Å². The summed E-state index contributed by atoms with van der Waals surface area (Å²) in [4.78, 5) is 22.8. The number of anilines is 1. The number of hydrogen-bond donors (Lipinski definition) is 1. The van der Waals surface area contributed by atoms with Crippen LogP contribution in [0.5, 0.6) is 0 Å². The lowest BCUT2D eigenvalue weighted by Gasteiger charge is -2.24. The Morgan fingerprint density at radius 2 is 2.42 bits per heavy atom. The molecule has 19 heavy (non-hydrogen) atoms. The molecule has 0 bridgehead atoms. The van der Waals surface area contributed by atoms with Crippen molar-refractivity contribution in [1.82, 2.24) is 19.7 Å². The molecule has 0 saturated carbocycles. The van der Waals surface area contributed by atoms with Crippen LogP contribution in [0, 0.1) is 0 Å². The van der Waals surface area contributed by atoms with Crippen LogP contribution >= 0.6 is 15.9 Å². The molecule has 6 nitrogen and oxygen atoms in total. The van der Waals surface area contributed by atoms with Crippen molar-refractivity contribution in [2.75, 3.05) is 18.5 Å². The minimum atomic E-state index is -0.160. The Kier molecular flexibility index (Phi) is 3.14. The molecule has 3 rings (SSSR count). The van der Waals surface area contributed by atoms with E-state index in [1.165, 1.54) is 0 Å². The van der Waals surface area contributed by atoms with Crippen LogP contribution in [0.1, 0.15) is 12.8 Å². The van der Waals surface area contributed by atoms with Crippen LogP contribution in [-0.4, -0.2) is 39.9 Å². The minimum absolute atomic E-state index is 0.0315. The highest BCUT2D eigenvalue weighted by molar-refractivity contribution is 9.10. The van der Waals surface area contributed by atoms with Crippen molar-refractivity contribution in [2.24, 2.45) is 0 Å². The summed E-state index contributed by atoms with van der Waals surface area (Å²) in [6.45, 7) is 0.823. The lowest BCUT2D eigenvalue weighted by atomic mass is 10.2. The Hall–Kier alpha value is -1.63. The van der Waals surface area contributed by atoms with Crippen LogP contribution in [0.25, 0.3) is 5.65 Å². The number of aromatic nitrogens is 3. The summed E-state index contributed by atoms with van der Waals surface area (Å²) in [6.07, 6.45) is 7.30. The highest BCUT2D eigenvalue weighted by Gasteiger charge is 2.32. The fraction of sp³-hybridized carbons (Fsp3) is 0.417. The van der Waals surface area contributed by atoms with Crippen LogP contribution in [0.15, 0.2) is 23.2 Å². The first kappa shape index (κ1) is 12.4. The monoisotopic (exact) mass is 323 g/mol. The van der Waals surface area contributed by atoms with E-state index in [0.717, 1.165) is 35.5 Å². The molecule has 7 heteroatoms. The minimum Gasteiger partial charge on any atom is -0.357 e. The van der Waals surface area contributed by atoms with Crippen LogP contribution < -0.4 is 10.2 Å². The Bertz CT molecular complexity index is 626. The van der Waals surface area contributed by atoms with Gasteiger partial charge in [-0.3, -0.25) is 4.79 Å². The van der Waals surface area contributed by atoms with Gasteiger partial charge in [-0.2, -0.15) is 0 Å². The van der Waals surface area contributed by atoms with Crippen molar-refractivity contribution in [3.63, 3.8) is 0 Å². The van der Waals surface area contributed by atoms with Gasteiger partial charge in [-0.05, 0) is 28.8 Å². The standard InChI is InChI=1S/C12H14BrN5O/c1-14-12(19)8-3-2-5-18(8)11-10-15-4-6-17(10)7-9(13)16-11/h4,6-8H,2-3,5H2,1H3,(H,14,19). The third kappa shape index (κ3) is 2.07.